The number of nitrogens with zero attached hydrogens (tertiary/aromatic N) is 1. The Balaban J connectivity index is 2.15. The lowest BCUT2D eigenvalue weighted by atomic mass is 9.81. The molecule has 0 fully saturated rings. The van der Waals surface area contributed by atoms with Crippen molar-refractivity contribution in [1.29, 1.82) is 0 Å². The number of hydrogen-bond donors (Lipinski definition) is 1. The van der Waals surface area contributed by atoms with E-state index in [9.17, 15) is 0 Å². The maximum Gasteiger partial charge on any atom is 0.0389 e. The SMILES string of the molecule is CNc1cccc2c1C(C)N(C)CC2c1ccccc1. The molecular weight excluding hydrogens is 244 g/mol. The summed E-state index contributed by atoms with van der Waals surface area (Å²) < 4.78 is 0. The highest BCUT2D eigenvalue weighted by Crippen LogP contribution is 2.41. The Morgan fingerprint density at radius 2 is 1.80 bits per heavy atom. The summed E-state index contributed by atoms with van der Waals surface area (Å²) in [6.07, 6.45) is 0. The molecule has 1 aliphatic rings. The first-order chi connectivity index (χ1) is 9.72. The van der Waals surface area contributed by atoms with Crippen LogP contribution in [0.1, 0.15) is 35.6 Å². The van der Waals surface area contributed by atoms with Gasteiger partial charge in [0, 0.05) is 31.2 Å². The van der Waals surface area contributed by atoms with Crippen LogP contribution in [0.25, 0.3) is 0 Å². The molecule has 0 aliphatic carbocycles. The summed E-state index contributed by atoms with van der Waals surface area (Å²) in [6, 6.07) is 17.9. The number of nitrogens with one attached hydrogen (secondary N) is 1. The third-order valence-electron chi connectivity index (χ3n) is 4.54. The molecule has 20 heavy (non-hydrogen) atoms. The van der Waals surface area contributed by atoms with Gasteiger partial charge in [0.2, 0.25) is 0 Å². The van der Waals surface area contributed by atoms with Gasteiger partial charge in [-0.3, -0.25) is 4.90 Å². The van der Waals surface area contributed by atoms with Gasteiger partial charge in [-0.05, 0) is 36.7 Å². The molecule has 2 aromatic carbocycles. The molecule has 1 aliphatic heterocycles. The Morgan fingerprint density at radius 3 is 2.50 bits per heavy atom. The second kappa shape index (κ2) is 5.29. The first-order valence-corrected chi connectivity index (χ1v) is 7.28. The average Bonchev–Trinajstić information content (AvgIpc) is 2.51. The normalized spacial score (nSPS) is 22.4. The number of rotatable bonds is 2. The molecular formula is C18H22N2. The first-order valence-electron chi connectivity index (χ1n) is 7.28. The Bertz CT molecular complexity index is 592. The second-order valence-electron chi connectivity index (χ2n) is 5.64. The van der Waals surface area contributed by atoms with E-state index in [4.69, 9.17) is 0 Å². The molecule has 0 radical (unpaired) electrons. The zero-order chi connectivity index (χ0) is 14.1. The molecule has 1 N–H and O–H groups in total. The van der Waals surface area contributed by atoms with Crippen molar-refractivity contribution in [3.63, 3.8) is 0 Å². The van der Waals surface area contributed by atoms with E-state index in [1.807, 2.05) is 7.05 Å². The van der Waals surface area contributed by atoms with Crippen molar-refractivity contribution in [2.45, 2.75) is 18.9 Å². The molecule has 2 nitrogen and oxygen atoms in total. The molecule has 104 valence electrons. The van der Waals surface area contributed by atoms with Crippen molar-refractivity contribution in [3.05, 3.63) is 65.2 Å². The van der Waals surface area contributed by atoms with Crippen LogP contribution in [0.15, 0.2) is 48.5 Å². The van der Waals surface area contributed by atoms with Gasteiger partial charge in [-0.15, -0.1) is 0 Å². The highest BCUT2D eigenvalue weighted by atomic mass is 15.1. The Kier molecular flexibility index (Phi) is 3.49. The fourth-order valence-electron chi connectivity index (χ4n) is 3.31. The van der Waals surface area contributed by atoms with Gasteiger partial charge in [-0.2, -0.15) is 0 Å². The molecule has 3 rings (SSSR count). The van der Waals surface area contributed by atoms with Gasteiger partial charge in [0.05, 0.1) is 0 Å². The van der Waals surface area contributed by atoms with E-state index in [1.165, 1.54) is 22.4 Å². The predicted octanol–water partition coefficient (Wildman–Crippen LogP) is 3.87. The summed E-state index contributed by atoms with van der Waals surface area (Å²) in [5.74, 6) is 0.459. The van der Waals surface area contributed by atoms with Gasteiger partial charge in [0.1, 0.15) is 0 Å². The lowest BCUT2D eigenvalue weighted by Crippen LogP contribution is -2.34. The standard InChI is InChI=1S/C18H22N2/c1-13-18-15(10-7-11-17(18)19-2)16(12-20(13)3)14-8-5-4-6-9-14/h4-11,13,16,19H,12H2,1-3H3. The van der Waals surface area contributed by atoms with Gasteiger partial charge in [-0.1, -0.05) is 42.5 Å². The van der Waals surface area contributed by atoms with Crippen LogP contribution in [0, 0.1) is 0 Å². The molecule has 0 saturated heterocycles. The summed E-state index contributed by atoms with van der Waals surface area (Å²) in [4.78, 5) is 2.45. The van der Waals surface area contributed by atoms with E-state index in [-0.39, 0.29) is 0 Å². The minimum Gasteiger partial charge on any atom is -0.388 e. The lowest BCUT2D eigenvalue weighted by Gasteiger charge is -2.38. The quantitative estimate of drug-likeness (QED) is 0.887. The largest absolute Gasteiger partial charge is 0.388 e. The monoisotopic (exact) mass is 266 g/mol. The molecule has 0 saturated carbocycles. The maximum absolute atomic E-state index is 3.35. The smallest absolute Gasteiger partial charge is 0.0389 e. The van der Waals surface area contributed by atoms with Crippen LogP contribution in [-0.4, -0.2) is 25.5 Å². The molecule has 0 amide bonds. The van der Waals surface area contributed by atoms with E-state index >= 15 is 0 Å². The molecule has 1 heterocycles. The van der Waals surface area contributed by atoms with Gasteiger partial charge in [0.25, 0.3) is 0 Å². The number of likely N-dealkylation sites (N-methyl/N-ethyl adjacent to an activating group) is 1. The van der Waals surface area contributed by atoms with Crippen LogP contribution in [0.2, 0.25) is 0 Å². The van der Waals surface area contributed by atoms with E-state index in [1.54, 1.807) is 0 Å². The lowest BCUT2D eigenvalue weighted by molar-refractivity contribution is 0.234. The van der Waals surface area contributed by atoms with Crippen molar-refractivity contribution < 1.29 is 0 Å². The minimum absolute atomic E-state index is 0.452. The summed E-state index contributed by atoms with van der Waals surface area (Å²) in [7, 11) is 4.23. The first kappa shape index (κ1) is 13.2. The van der Waals surface area contributed by atoms with Crippen LogP contribution in [-0.2, 0) is 0 Å². The number of benzene rings is 2. The minimum atomic E-state index is 0.452. The molecule has 0 bridgehead atoms. The fraction of sp³-hybridized carbons (Fsp3) is 0.333. The summed E-state index contributed by atoms with van der Waals surface area (Å²) in [5, 5.41) is 3.35. The topological polar surface area (TPSA) is 15.3 Å². The van der Waals surface area contributed by atoms with Gasteiger partial charge in [-0.25, -0.2) is 0 Å². The van der Waals surface area contributed by atoms with Crippen LogP contribution < -0.4 is 5.32 Å². The van der Waals surface area contributed by atoms with Crippen molar-refractivity contribution >= 4 is 5.69 Å². The van der Waals surface area contributed by atoms with Gasteiger partial charge >= 0.3 is 0 Å². The van der Waals surface area contributed by atoms with Crippen LogP contribution in [0.4, 0.5) is 5.69 Å². The van der Waals surface area contributed by atoms with Crippen LogP contribution in [0.5, 0.6) is 0 Å². The number of fused-ring (bicyclic) bond motifs is 1. The average molecular weight is 266 g/mol. The van der Waals surface area contributed by atoms with Crippen molar-refractivity contribution in [3.8, 4) is 0 Å². The van der Waals surface area contributed by atoms with E-state index < -0.39 is 0 Å². The number of hydrogen-bond acceptors (Lipinski definition) is 2. The molecule has 0 spiro atoms. The second-order valence-corrected chi connectivity index (χ2v) is 5.64. The van der Waals surface area contributed by atoms with Crippen LogP contribution in [0.3, 0.4) is 0 Å². The summed E-state index contributed by atoms with van der Waals surface area (Å²) >= 11 is 0. The van der Waals surface area contributed by atoms with E-state index in [0.717, 1.165) is 6.54 Å². The molecule has 2 aromatic rings. The van der Waals surface area contributed by atoms with Gasteiger partial charge in [0.15, 0.2) is 0 Å². The van der Waals surface area contributed by atoms with Crippen LogP contribution >= 0.6 is 0 Å². The van der Waals surface area contributed by atoms with E-state index in [2.05, 4.69) is 72.7 Å². The zero-order valence-corrected chi connectivity index (χ0v) is 12.4. The maximum atomic E-state index is 3.35. The van der Waals surface area contributed by atoms with Crippen molar-refractivity contribution in [2.24, 2.45) is 0 Å². The fourth-order valence-corrected chi connectivity index (χ4v) is 3.31. The third kappa shape index (κ3) is 2.10. The molecule has 2 unspecified atom stereocenters. The highest BCUT2D eigenvalue weighted by Gasteiger charge is 2.30. The molecule has 2 heteroatoms. The van der Waals surface area contributed by atoms with Gasteiger partial charge < -0.3 is 5.32 Å². The summed E-state index contributed by atoms with van der Waals surface area (Å²) in [6.45, 7) is 3.37. The van der Waals surface area contributed by atoms with E-state index in [0.29, 0.717) is 12.0 Å². The Labute approximate surface area is 121 Å². The predicted molar refractivity (Wildman–Crippen MR) is 85.3 cm³/mol. The van der Waals surface area contributed by atoms with Crippen molar-refractivity contribution in [1.82, 2.24) is 4.90 Å². The highest BCUT2D eigenvalue weighted by molar-refractivity contribution is 5.59. The zero-order valence-electron chi connectivity index (χ0n) is 12.4. The Hall–Kier alpha value is -1.80. The Morgan fingerprint density at radius 1 is 1.05 bits per heavy atom. The van der Waals surface area contributed by atoms with Crippen molar-refractivity contribution in [2.75, 3.05) is 26.0 Å². The number of anilines is 1. The molecule has 2 atom stereocenters. The third-order valence-corrected chi connectivity index (χ3v) is 4.54. The molecule has 0 aromatic heterocycles. The summed E-state index contributed by atoms with van der Waals surface area (Å²) in [5.41, 5.74) is 5.56.